The second-order valence-corrected chi connectivity index (χ2v) is 4.90. The lowest BCUT2D eigenvalue weighted by Gasteiger charge is -2.25. The number of rotatable bonds is 5. The van der Waals surface area contributed by atoms with Gasteiger partial charge in [-0.25, -0.2) is 0 Å². The molecular formula is C15H26N2. The van der Waals surface area contributed by atoms with Crippen LogP contribution in [0.2, 0.25) is 0 Å². The highest BCUT2D eigenvalue weighted by atomic mass is 15.1. The van der Waals surface area contributed by atoms with Crippen molar-refractivity contribution in [2.75, 3.05) is 19.6 Å². The van der Waals surface area contributed by atoms with Crippen LogP contribution in [0.25, 0.3) is 0 Å². The molecule has 1 aromatic rings. The van der Waals surface area contributed by atoms with E-state index in [2.05, 4.69) is 51.7 Å². The van der Waals surface area contributed by atoms with Gasteiger partial charge in [-0.05, 0) is 50.6 Å². The average molecular weight is 234 g/mol. The summed E-state index contributed by atoms with van der Waals surface area (Å²) in [5, 5.41) is 0. The highest BCUT2D eigenvalue weighted by Crippen LogP contribution is 2.22. The Morgan fingerprint density at radius 3 is 1.94 bits per heavy atom. The molecule has 0 aromatic heterocycles. The van der Waals surface area contributed by atoms with E-state index in [1.54, 1.807) is 0 Å². The van der Waals surface area contributed by atoms with Crippen molar-refractivity contribution in [3.8, 4) is 0 Å². The topological polar surface area (TPSA) is 29.3 Å². The molecule has 2 nitrogen and oxygen atoms in total. The fourth-order valence-corrected chi connectivity index (χ4v) is 2.63. The summed E-state index contributed by atoms with van der Waals surface area (Å²) in [6, 6.07) is 4.57. The summed E-state index contributed by atoms with van der Waals surface area (Å²) in [5.41, 5.74) is 11.6. The molecule has 0 heterocycles. The van der Waals surface area contributed by atoms with Crippen LogP contribution >= 0.6 is 0 Å². The highest BCUT2D eigenvalue weighted by Gasteiger charge is 2.14. The molecule has 0 aliphatic heterocycles. The molecule has 0 radical (unpaired) electrons. The number of nitrogens with two attached hydrogens (primary N) is 1. The summed E-state index contributed by atoms with van der Waals surface area (Å²) in [6.45, 7) is 13.9. The summed E-state index contributed by atoms with van der Waals surface area (Å²) >= 11 is 0. The Morgan fingerprint density at radius 1 is 1.06 bits per heavy atom. The quantitative estimate of drug-likeness (QED) is 0.848. The molecule has 0 aliphatic carbocycles. The van der Waals surface area contributed by atoms with Crippen molar-refractivity contribution in [1.82, 2.24) is 4.90 Å². The molecule has 0 fully saturated rings. The fraction of sp³-hybridized carbons (Fsp3) is 0.600. The van der Waals surface area contributed by atoms with E-state index in [9.17, 15) is 0 Å². The molecule has 1 atom stereocenters. The third-order valence-corrected chi connectivity index (χ3v) is 3.46. The van der Waals surface area contributed by atoms with Gasteiger partial charge >= 0.3 is 0 Å². The Morgan fingerprint density at radius 2 is 1.53 bits per heavy atom. The average Bonchev–Trinajstić information content (AvgIpc) is 2.24. The Hall–Kier alpha value is -0.860. The highest BCUT2D eigenvalue weighted by molar-refractivity contribution is 5.39. The molecule has 0 aliphatic rings. The first-order valence-electron chi connectivity index (χ1n) is 6.55. The predicted octanol–water partition coefficient (Wildman–Crippen LogP) is 2.95. The maximum Gasteiger partial charge on any atom is 0.0429 e. The molecule has 0 amide bonds. The van der Waals surface area contributed by atoms with Crippen molar-refractivity contribution in [1.29, 1.82) is 0 Å². The van der Waals surface area contributed by atoms with E-state index in [0.29, 0.717) is 0 Å². The lowest BCUT2D eigenvalue weighted by Crippen LogP contribution is -2.32. The maximum absolute atomic E-state index is 6.36. The van der Waals surface area contributed by atoms with Gasteiger partial charge in [0, 0.05) is 12.6 Å². The molecule has 0 spiro atoms. The van der Waals surface area contributed by atoms with E-state index in [1.165, 1.54) is 22.3 Å². The maximum atomic E-state index is 6.36. The Labute approximate surface area is 106 Å². The summed E-state index contributed by atoms with van der Waals surface area (Å²) in [5.74, 6) is 0. The van der Waals surface area contributed by atoms with Crippen LogP contribution in [-0.2, 0) is 0 Å². The van der Waals surface area contributed by atoms with Gasteiger partial charge < -0.3 is 10.6 Å². The van der Waals surface area contributed by atoms with Crippen molar-refractivity contribution < 1.29 is 0 Å². The van der Waals surface area contributed by atoms with Gasteiger partial charge in [-0.15, -0.1) is 0 Å². The number of hydrogen-bond donors (Lipinski definition) is 1. The lowest BCUT2D eigenvalue weighted by atomic mass is 9.94. The van der Waals surface area contributed by atoms with E-state index in [0.717, 1.165) is 19.6 Å². The van der Waals surface area contributed by atoms with Crippen LogP contribution in [0.3, 0.4) is 0 Å². The number of hydrogen-bond acceptors (Lipinski definition) is 2. The molecule has 0 bridgehead atoms. The van der Waals surface area contributed by atoms with Gasteiger partial charge in [0.1, 0.15) is 0 Å². The molecule has 1 rings (SSSR count). The van der Waals surface area contributed by atoms with Crippen LogP contribution in [-0.4, -0.2) is 24.5 Å². The van der Waals surface area contributed by atoms with Gasteiger partial charge in [0.25, 0.3) is 0 Å². The first-order chi connectivity index (χ1) is 7.99. The Kier molecular flexibility index (Phi) is 5.16. The smallest absolute Gasteiger partial charge is 0.0429 e. The number of aryl methyl sites for hydroxylation is 3. The monoisotopic (exact) mass is 234 g/mol. The van der Waals surface area contributed by atoms with Gasteiger partial charge in [-0.3, -0.25) is 0 Å². The van der Waals surface area contributed by atoms with Gasteiger partial charge in [0.2, 0.25) is 0 Å². The largest absolute Gasteiger partial charge is 0.323 e. The van der Waals surface area contributed by atoms with Crippen LogP contribution in [0.1, 0.15) is 42.1 Å². The number of benzene rings is 1. The molecule has 0 saturated carbocycles. The van der Waals surface area contributed by atoms with Gasteiger partial charge in [0.05, 0.1) is 0 Å². The zero-order chi connectivity index (χ0) is 13.0. The Balaban J connectivity index is 2.92. The van der Waals surface area contributed by atoms with Crippen molar-refractivity contribution in [2.24, 2.45) is 5.73 Å². The first kappa shape index (κ1) is 14.2. The molecule has 1 aromatic carbocycles. The van der Waals surface area contributed by atoms with Crippen LogP contribution in [0.5, 0.6) is 0 Å². The van der Waals surface area contributed by atoms with E-state index in [-0.39, 0.29) is 6.04 Å². The minimum absolute atomic E-state index is 0.121. The fourth-order valence-electron chi connectivity index (χ4n) is 2.63. The zero-order valence-electron chi connectivity index (χ0n) is 11.9. The van der Waals surface area contributed by atoms with E-state index >= 15 is 0 Å². The second-order valence-electron chi connectivity index (χ2n) is 4.90. The molecule has 1 unspecified atom stereocenters. The molecule has 2 N–H and O–H groups in total. The minimum Gasteiger partial charge on any atom is -0.323 e. The van der Waals surface area contributed by atoms with Crippen molar-refractivity contribution in [2.45, 2.75) is 40.7 Å². The minimum atomic E-state index is 0.121. The van der Waals surface area contributed by atoms with Crippen LogP contribution in [0, 0.1) is 20.8 Å². The van der Waals surface area contributed by atoms with Gasteiger partial charge in [0.15, 0.2) is 0 Å². The number of nitrogens with zero attached hydrogens (tertiary/aromatic N) is 1. The van der Waals surface area contributed by atoms with Crippen LogP contribution < -0.4 is 5.73 Å². The second kappa shape index (κ2) is 6.18. The summed E-state index contributed by atoms with van der Waals surface area (Å²) in [4.78, 5) is 2.38. The lowest BCUT2D eigenvalue weighted by molar-refractivity contribution is 0.284. The van der Waals surface area contributed by atoms with Crippen molar-refractivity contribution in [3.63, 3.8) is 0 Å². The molecule has 96 valence electrons. The predicted molar refractivity (Wildman–Crippen MR) is 75.4 cm³/mol. The SMILES string of the molecule is CCN(CC)CC(N)c1c(C)cc(C)cc1C. The first-order valence-corrected chi connectivity index (χ1v) is 6.55. The molecule has 0 saturated heterocycles. The molecule has 2 heteroatoms. The van der Waals surface area contributed by atoms with Crippen LogP contribution in [0.4, 0.5) is 0 Å². The Bertz CT molecular complexity index is 344. The summed E-state index contributed by atoms with van der Waals surface area (Å²) in [7, 11) is 0. The third-order valence-electron chi connectivity index (χ3n) is 3.46. The van der Waals surface area contributed by atoms with E-state index < -0.39 is 0 Å². The standard InChI is InChI=1S/C15H26N2/c1-6-17(7-2)10-14(16)15-12(4)8-11(3)9-13(15)5/h8-9,14H,6-7,10,16H2,1-5H3. The summed E-state index contributed by atoms with van der Waals surface area (Å²) < 4.78 is 0. The normalized spacial score (nSPS) is 13.1. The summed E-state index contributed by atoms with van der Waals surface area (Å²) in [6.07, 6.45) is 0. The van der Waals surface area contributed by atoms with E-state index in [1.807, 2.05) is 0 Å². The molecule has 17 heavy (non-hydrogen) atoms. The van der Waals surface area contributed by atoms with Crippen molar-refractivity contribution in [3.05, 3.63) is 34.4 Å². The van der Waals surface area contributed by atoms with E-state index in [4.69, 9.17) is 5.73 Å². The zero-order valence-corrected chi connectivity index (χ0v) is 11.9. The van der Waals surface area contributed by atoms with Gasteiger partial charge in [-0.1, -0.05) is 31.5 Å². The third kappa shape index (κ3) is 3.55. The van der Waals surface area contributed by atoms with Gasteiger partial charge in [-0.2, -0.15) is 0 Å². The molecular weight excluding hydrogens is 208 g/mol. The van der Waals surface area contributed by atoms with Crippen LogP contribution in [0.15, 0.2) is 12.1 Å². The number of likely N-dealkylation sites (N-methyl/N-ethyl adjacent to an activating group) is 1. The van der Waals surface area contributed by atoms with Crippen molar-refractivity contribution >= 4 is 0 Å².